The van der Waals surface area contributed by atoms with Crippen LogP contribution in [-0.2, 0) is 11.2 Å². The van der Waals surface area contributed by atoms with Gasteiger partial charge in [-0.1, -0.05) is 18.0 Å². The number of ether oxygens (including phenoxy) is 1. The predicted octanol–water partition coefficient (Wildman–Crippen LogP) is 3.62. The largest absolute Gasteiger partial charge is 0.487 e. The summed E-state index contributed by atoms with van der Waals surface area (Å²) in [5, 5.41) is 3.73. The zero-order valence-corrected chi connectivity index (χ0v) is 14.1. The van der Waals surface area contributed by atoms with Crippen molar-refractivity contribution in [2.75, 3.05) is 6.54 Å². The Morgan fingerprint density at radius 1 is 1.29 bits per heavy atom. The van der Waals surface area contributed by atoms with Gasteiger partial charge >= 0.3 is 0 Å². The maximum absolute atomic E-state index is 12.0. The van der Waals surface area contributed by atoms with Crippen molar-refractivity contribution in [1.29, 1.82) is 0 Å². The quantitative estimate of drug-likeness (QED) is 0.923. The van der Waals surface area contributed by atoms with E-state index in [9.17, 15) is 4.79 Å². The Hall–Kier alpha value is -2.07. The monoisotopic (exact) mass is 342 g/mol. The molecule has 4 rings (SSSR count). The fourth-order valence-corrected chi connectivity index (χ4v) is 3.52. The van der Waals surface area contributed by atoms with Crippen molar-refractivity contribution in [3.05, 3.63) is 47.2 Å². The lowest BCUT2D eigenvalue weighted by atomic mass is 9.85. The third kappa shape index (κ3) is 2.98. The van der Waals surface area contributed by atoms with Gasteiger partial charge in [0, 0.05) is 40.9 Å². The number of halogens is 1. The number of aromatic nitrogens is 1. The smallest absolute Gasteiger partial charge is 0.223 e. The van der Waals surface area contributed by atoms with E-state index in [1.807, 2.05) is 24.3 Å². The lowest BCUT2D eigenvalue weighted by Crippen LogP contribution is -2.40. The number of carbonyl (C=O) groups excluding carboxylic acids is 1. The summed E-state index contributed by atoms with van der Waals surface area (Å²) in [7, 11) is 0. The van der Waals surface area contributed by atoms with E-state index in [2.05, 4.69) is 10.3 Å². The molecule has 1 aromatic heterocycles. The zero-order chi connectivity index (χ0) is 16.5. The number of hydrogen-bond donors (Lipinski definition) is 1. The lowest BCUT2D eigenvalue weighted by molar-refractivity contribution is -0.127. The number of carbonyl (C=O) groups is 1. The van der Waals surface area contributed by atoms with Crippen LogP contribution in [0.2, 0.25) is 5.02 Å². The van der Waals surface area contributed by atoms with E-state index in [1.165, 1.54) is 0 Å². The first kappa shape index (κ1) is 15.5. The summed E-state index contributed by atoms with van der Waals surface area (Å²) in [6, 6.07) is 7.77. The van der Waals surface area contributed by atoms with Gasteiger partial charge in [-0.25, -0.2) is 0 Å². The molecule has 1 unspecified atom stereocenters. The van der Waals surface area contributed by atoms with Gasteiger partial charge in [0.15, 0.2) is 0 Å². The fraction of sp³-hybridized carbons (Fsp3) is 0.368. The third-order valence-corrected chi connectivity index (χ3v) is 5.05. The Balaban J connectivity index is 1.50. The highest BCUT2D eigenvalue weighted by atomic mass is 35.5. The van der Waals surface area contributed by atoms with Crippen molar-refractivity contribution in [2.24, 2.45) is 5.92 Å². The summed E-state index contributed by atoms with van der Waals surface area (Å²) in [6.07, 6.45) is 7.43. The number of rotatable bonds is 4. The molecule has 124 valence electrons. The average molecular weight is 343 g/mol. The Bertz CT molecular complexity index is 759. The molecule has 1 N–H and O–H groups in total. The minimum Gasteiger partial charge on any atom is -0.487 e. The maximum atomic E-state index is 12.0. The minimum atomic E-state index is -0.0388. The van der Waals surface area contributed by atoms with E-state index >= 15 is 0 Å². The Morgan fingerprint density at radius 3 is 2.79 bits per heavy atom. The molecule has 0 radical (unpaired) electrons. The molecule has 0 saturated heterocycles. The second-order valence-electron chi connectivity index (χ2n) is 6.49. The zero-order valence-electron chi connectivity index (χ0n) is 13.3. The first-order valence-corrected chi connectivity index (χ1v) is 8.75. The van der Waals surface area contributed by atoms with Gasteiger partial charge in [0.25, 0.3) is 0 Å². The highest BCUT2D eigenvalue weighted by Gasteiger charge is 2.29. The van der Waals surface area contributed by atoms with Gasteiger partial charge < -0.3 is 10.1 Å². The Labute approximate surface area is 146 Å². The second kappa shape index (κ2) is 6.44. The number of hydrogen-bond acceptors (Lipinski definition) is 3. The Morgan fingerprint density at radius 2 is 2.08 bits per heavy atom. The van der Waals surface area contributed by atoms with Gasteiger partial charge in [0.05, 0.1) is 6.54 Å². The predicted molar refractivity (Wildman–Crippen MR) is 93.2 cm³/mol. The molecule has 0 bridgehead atoms. The SMILES string of the molecule is O=C(NCC1Cc2cc(Cl)cc(-c3ccncc3)c2O1)C1CCC1. The summed E-state index contributed by atoms with van der Waals surface area (Å²) >= 11 is 6.28. The molecule has 1 saturated carbocycles. The molecule has 4 nitrogen and oxygen atoms in total. The van der Waals surface area contributed by atoms with Crippen LogP contribution in [0, 0.1) is 5.92 Å². The Kier molecular flexibility index (Phi) is 4.15. The summed E-state index contributed by atoms with van der Waals surface area (Å²) in [5.74, 6) is 1.23. The number of benzene rings is 1. The molecule has 5 heteroatoms. The van der Waals surface area contributed by atoms with Gasteiger partial charge in [-0.2, -0.15) is 0 Å². The van der Waals surface area contributed by atoms with Gasteiger partial charge in [-0.15, -0.1) is 0 Å². The molecule has 2 heterocycles. The maximum Gasteiger partial charge on any atom is 0.223 e. The molecule has 1 amide bonds. The summed E-state index contributed by atoms with van der Waals surface area (Å²) in [4.78, 5) is 16.1. The van der Waals surface area contributed by atoms with Crippen molar-refractivity contribution in [3.63, 3.8) is 0 Å². The summed E-state index contributed by atoms with van der Waals surface area (Å²) in [5.41, 5.74) is 3.10. The topological polar surface area (TPSA) is 51.2 Å². The molecule has 1 aliphatic carbocycles. The lowest BCUT2D eigenvalue weighted by Gasteiger charge is -2.24. The number of nitrogens with zero attached hydrogens (tertiary/aromatic N) is 1. The van der Waals surface area contributed by atoms with Gasteiger partial charge in [-0.3, -0.25) is 9.78 Å². The molecule has 24 heavy (non-hydrogen) atoms. The van der Waals surface area contributed by atoms with Crippen LogP contribution in [0.3, 0.4) is 0 Å². The minimum absolute atomic E-state index is 0.0388. The number of nitrogens with one attached hydrogen (secondary N) is 1. The number of fused-ring (bicyclic) bond motifs is 1. The van der Waals surface area contributed by atoms with Crippen LogP contribution in [0.5, 0.6) is 5.75 Å². The van der Waals surface area contributed by atoms with Crippen LogP contribution in [0.1, 0.15) is 24.8 Å². The molecular weight excluding hydrogens is 324 g/mol. The first-order chi connectivity index (χ1) is 11.7. The number of amides is 1. The van der Waals surface area contributed by atoms with Crippen LogP contribution in [0.4, 0.5) is 0 Å². The van der Waals surface area contributed by atoms with Crippen molar-refractivity contribution in [3.8, 4) is 16.9 Å². The third-order valence-electron chi connectivity index (χ3n) is 4.83. The standard InChI is InChI=1S/C19H19ClN2O2/c20-15-8-14-9-16(11-22-19(23)13-2-1-3-13)24-18(14)17(10-15)12-4-6-21-7-5-12/h4-8,10,13,16H,1-3,9,11H2,(H,22,23). The molecule has 1 aromatic carbocycles. The molecular formula is C19H19ClN2O2. The molecule has 1 fully saturated rings. The van der Waals surface area contributed by atoms with E-state index in [0.29, 0.717) is 11.6 Å². The summed E-state index contributed by atoms with van der Waals surface area (Å²) < 4.78 is 6.14. The van der Waals surface area contributed by atoms with Gasteiger partial charge in [-0.05, 0) is 42.7 Å². The normalized spacial score (nSPS) is 19.3. The molecule has 2 aliphatic rings. The highest BCUT2D eigenvalue weighted by molar-refractivity contribution is 6.31. The number of pyridine rings is 1. The first-order valence-electron chi connectivity index (χ1n) is 8.38. The van der Waals surface area contributed by atoms with E-state index in [-0.39, 0.29) is 17.9 Å². The van der Waals surface area contributed by atoms with Crippen LogP contribution in [-0.4, -0.2) is 23.5 Å². The van der Waals surface area contributed by atoms with Crippen LogP contribution in [0.25, 0.3) is 11.1 Å². The van der Waals surface area contributed by atoms with Crippen molar-refractivity contribution in [2.45, 2.75) is 31.8 Å². The van der Waals surface area contributed by atoms with E-state index in [1.54, 1.807) is 12.4 Å². The van der Waals surface area contributed by atoms with E-state index in [0.717, 1.165) is 48.1 Å². The van der Waals surface area contributed by atoms with E-state index in [4.69, 9.17) is 16.3 Å². The molecule has 1 aliphatic heterocycles. The highest BCUT2D eigenvalue weighted by Crippen LogP contribution is 2.40. The van der Waals surface area contributed by atoms with Crippen molar-refractivity contribution >= 4 is 17.5 Å². The van der Waals surface area contributed by atoms with Crippen LogP contribution in [0.15, 0.2) is 36.7 Å². The fourth-order valence-electron chi connectivity index (χ4n) is 3.28. The van der Waals surface area contributed by atoms with Crippen molar-refractivity contribution in [1.82, 2.24) is 10.3 Å². The van der Waals surface area contributed by atoms with Gasteiger partial charge in [0.1, 0.15) is 11.9 Å². The van der Waals surface area contributed by atoms with E-state index < -0.39 is 0 Å². The molecule has 0 spiro atoms. The second-order valence-corrected chi connectivity index (χ2v) is 6.93. The molecule has 2 aromatic rings. The van der Waals surface area contributed by atoms with Crippen LogP contribution >= 0.6 is 11.6 Å². The van der Waals surface area contributed by atoms with Crippen LogP contribution < -0.4 is 10.1 Å². The average Bonchev–Trinajstić information content (AvgIpc) is 2.94. The van der Waals surface area contributed by atoms with Gasteiger partial charge in [0.2, 0.25) is 5.91 Å². The molecule has 1 atom stereocenters. The summed E-state index contributed by atoms with van der Waals surface area (Å²) in [6.45, 7) is 0.539. The van der Waals surface area contributed by atoms with Crippen molar-refractivity contribution < 1.29 is 9.53 Å².